The molecule has 1 aromatic carbocycles. The molecule has 0 unspecified atom stereocenters. The molecular formula is C17H28N2O3S. The van der Waals surface area contributed by atoms with Crippen molar-refractivity contribution in [3.05, 3.63) is 23.8 Å². The van der Waals surface area contributed by atoms with Crippen LogP contribution in [0.1, 0.15) is 46.6 Å². The molecule has 6 heteroatoms. The van der Waals surface area contributed by atoms with E-state index in [4.69, 9.17) is 0 Å². The standard InChI is InChI=1S/C17H28N2O3S/c1-7-19(8-2)23(21,22)15-11-14(10-9-13(15)3)18-16(20)12-17(4,5)6/h9-11H,7-8,12H2,1-6H3,(H,18,20). The Balaban J connectivity index is 3.12. The van der Waals surface area contributed by atoms with Crippen LogP contribution in [0.5, 0.6) is 0 Å². The van der Waals surface area contributed by atoms with Gasteiger partial charge in [0.25, 0.3) is 0 Å². The molecule has 0 aliphatic carbocycles. The van der Waals surface area contributed by atoms with E-state index in [0.29, 0.717) is 30.8 Å². The van der Waals surface area contributed by atoms with Crippen molar-refractivity contribution in [2.75, 3.05) is 18.4 Å². The molecule has 0 heterocycles. The number of anilines is 1. The fraction of sp³-hybridized carbons (Fsp3) is 0.588. The molecule has 1 N–H and O–H groups in total. The van der Waals surface area contributed by atoms with Gasteiger partial charge in [0.15, 0.2) is 0 Å². The summed E-state index contributed by atoms with van der Waals surface area (Å²) in [4.78, 5) is 12.3. The van der Waals surface area contributed by atoms with Gasteiger partial charge in [0, 0.05) is 25.2 Å². The zero-order valence-electron chi connectivity index (χ0n) is 14.9. The van der Waals surface area contributed by atoms with Crippen LogP contribution in [-0.4, -0.2) is 31.7 Å². The van der Waals surface area contributed by atoms with Crippen LogP contribution < -0.4 is 5.32 Å². The predicted molar refractivity (Wildman–Crippen MR) is 94.0 cm³/mol. The van der Waals surface area contributed by atoms with Gasteiger partial charge in [0.2, 0.25) is 15.9 Å². The molecule has 0 fully saturated rings. The Morgan fingerprint density at radius 2 is 1.74 bits per heavy atom. The van der Waals surface area contributed by atoms with Gasteiger partial charge >= 0.3 is 0 Å². The molecule has 0 bridgehead atoms. The second kappa shape index (κ2) is 7.45. The number of carbonyl (C=O) groups is 1. The number of amides is 1. The van der Waals surface area contributed by atoms with E-state index >= 15 is 0 Å². The summed E-state index contributed by atoms with van der Waals surface area (Å²) < 4.78 is 26.8. The summed E-state index contributed by atoms with van der Waals surface area (Å²) >= 11 is 0. The van der Waals surface area contributed by atoms with Crippen molar-refractivity contribution in [2.45, 2.75) is 52.9 Å². The average Bonchev–Trinajstić information content (AvgIpc) is 2.39. The van der Waals surface area contributed by atoms with Crippen LogP contribution in [0.3, 0.4) is 0 Å². The predicted octanol–water partition coefficient (Wildman–Crippen LogP) is 3.40. The first-order valence-corrected chi connectivity index (χ1v) is 9.36. The minimum absolute atomic E-state index is 0.118. The average molecular weight is 340 g/mol. The van der Waals surface area contributed by atoms with Crippen molar-refractivity contribution in [1.82, 2.24) is 4.31 Å². The SMILES string of the molecule is CCN(CC)S(=O)(=O)c1cc(NC(=O)CC(C)(C)C)ccc1C. The fourth-order valence-electron chi connectivity index (χ4n) is 2.35. The highest BCUT2D eigenvalue weighted by atomic mass is 32.2. The molecule has 1 amide bonds. The third kappa shape index (κ3) is 5.32. The van der Waals surface area contributed by atoms with Crippen molar-refractivity contribution >= 4 is 21.6 Å². The van der Waals surface area contributed by atoms with Gasteiger partial charge in [-0.2, -0.15) is 4.31 Å². The van der Waals surface area contributed by atoms with Gasteiger partial charge in [-0.1, -0.05) is 40.7 Å². The van der Waals surface area contributed by atoms with Gasteiger partial charge in [0.1, 0.15) is 0 Å². The van der Waals surface area contributed by atoms with Crippen molar-refractivity contribution in [2.24, 2.45) is 5.41 Å². The van der Waals surface area contributed by atoms with Crippen molar-refractivity contribution in [3.8, 4) is 0 Å². The molecule has 0 saturated heterocycles. The van der Waals surface area contributed by atoms with Crippen LogP contribution in [0.2, 0.25) is 0 Å². The molecule has 0 aliphatic heterocycles. The van der Waals surface area contributed by atoms with E-state index in [1.165, 1.54) is 4.31 Å². The van der Waals surface area contributed by atoms with Gasteiger partial charge in [-0.25, -0.2) is 8.42 Å². The molecule has 0 aliphatic rings. The summed E-state index contributed by atoms with van der Waals surface area (Å²) in [5.41, 5.74) is 1.06. The number of hydrogen-bond acceptors (Lipinski definition) is 3. The fourth-order valence-corrected chi connectivity index (χ4v) is 4.05. The lowest BCUT2D eigenvalue weighted by atomic mass is 9.92. The molecule has 5 nitrogen and oxygen atoms in total. The van der Waals surface area contributed by atoms with E-state index in [-0.39, 0.29) is 16.2 Å². The Morgan fingerprint density at radius 3 is 2.22 bits per heavy atom. The van der Waals surface area contributed by atoms with E-state index < -0.39 is 10.0 Å². The molecule has 0 aromatic heterocycles. The maximum Gasteiger partial charge on any atom is 0.243 e. The number of nitrogens with one attached hydrogen (secondary N) is 1. The van der Waals surface area contributed by atoms with Crippen LogP contribution >= 0.6 is 0 Å². The topological polar surface area (TPSA) is 66.5 Å². The van der Waals surface area contributed by atoms with Crippen LogP contribution in [0.25, 0.3) is 0 Å². The second-order valence-electron chi connectivity index (χ2n) is 6.86. The van der Waals surface area contributed by atoms with Gasteiger partial charge in [0.05, 0.1) is 4.90 Å². The summed E-state index contributed by atoms with van der Waals surface area (Å²) in [6, 6.07) is 5.00. The van der Waals surface area contributed by atoms with E-state index in [0.717, 1.165) is 0 Å². The molecule has 0 atom stereocenters. The number of aryl methyl sites for hydroxylation is 1. The summed E-state index contributed by atoms with van der Waals surface area (Å²) in [6.07, 6.45) is 0.374. The number of nitrogens with zero attached hydrogens (tertiary/aromatic N) is 1. The minimum Gasteiger partial charge on any atom is -0.326 e. The molecule has 0 spiro atoms. The maximum atomic E-state index is 12.7. The van der Waals surface area contributed by atoms with Crippen molar-refractivity contribution in [3.63, 3.8) is 0 Å². The Labute approximate surface area is 140 Å². The molecule has 1 rings (SSSR count). The lowest BCUT2D eigenvalue weighted by molar-refractivity contribution is -0.117. The molecular weight excluding hydrogens is 312 g/mol. The highest BCUT2D eigenvalue weighted by molar-refractivity contribution is 7.89. The second-order valence-corrected chi connectivity index (χ2v) is 8.76. The first kappa shape index (κ1) is 19.6. The Morgan fingerprint density at radius 1 is 1.17 bits per heavy atom. The lowest BCUT2D eigenvalue weighted by Crippen LogP contribution is -2.31. The molecule has 0 saturated carbocycles. The first-order valence-electron chi connectivity index (χ1n) is 7.92. The molecule has 1 aromatic rings. The van der Waals surface area contributed by atoms with Crippen molar-refractivity contribution in [1.29, 1.82) is 0 Å². The summed E-state index contributed by atoms with van der Waals surface area (Å²) in [6.45, 7) is 12.2. The van der Waals surface area contributed by atoms with Gasteiger partial charge in [-0.3, -0.25) is 4.79 Å². The zero-order valence-corrected chi connectivity index (χ0v) is 15.8. The normalized spacial score (nSPS) is 12.5. The van der Waals surface area contributed by atoms with Gasteiger partial charge in [-0.05, 0) is 30.0 Å². The highest BCUT2D eigenvalue weighted by Crippen LogP contribution is 2.25. The lowest BCUT2D eigenvalue weighted by Gasteiger charge is -2.21. The monoisotopic (exact) mass is 340 g/mol. The Hall–Kier alpha value is -1.40. The highest BCUT2D eigenvalue weighted by Gasteiger charge is 2.24. The Bertz CT molecular complexity index is 657. The van der Waals surface area contributed by atoms with Crippen LogP contribution in [0.15, 0.2) is 23.1 Å². The van der Waals surface area contributed by atoms with E-state index in [1.807, 2.05) is 34.6 Å². The summed E-state index contributed by atoms with van der Waals surface area (Å²) in [5, 5.41) is 2.79. The largest absolute Gasteiger partial charge is 0.326 e. The number of carbonyl (C=O) groups excluding carboxylic acids is 1. The number of hydrogen-bond donors (Lipinski definition) is 1. The van der Waals surface area contributed by atoms with E-state index in [2.05, 4.69) is 5.32 Å². The molecule has 130 valence electrons. The quantitative estimate of drug-likeness (QED) is 0.863. The van der Waals surface area contributed by atoms with Crippen molar-refractivity contribution < 1.29 is 13.2 Å². The third-order valence-corrected chi connectivity index (χ3v) is 5.68. The first-order chi connectivity index (χ1) is 10.5. The van der Waals surface area contributed by atoms with Gasteiger partial charge < -0.3 is 5.32 Å². The number of benzene rings is 1. The van der Waals surface area contributed by atoms with E-state index in [9.17, 15) is 13.2 Å². The van der Waals surface area contributed by atoms with Crippen LogP contribution in [-0.2, 0) is 14.8 Å². The summed E-state index contributed by atoms with van der Waals surface area (Å²) in [5.74, 6) is -0.118. The van der Waals surface area contributed by atoms with E-state index in [1.54, 1.807) is 25.1 Å². The summed E-state index contributed by atoms with van der Waals surface area (Å²) in [7, 11) is -3.54. The third-order valence-electron chi connectivity index (χ3n) is 3.49. The number of rotatable bonds is 6. The number of sulfonamides is 1. The zero-order chi connectivity index (χ0) is 17.8. The van der Waals surface area contributed by atoms with Gasteiger partial charge in [-0.15, -0.1) is 0 Å². The maximum absolute atomic E-state index is 12.7. The smallest absolute Gasteiger partial charge is 0.243 e. The minimum atomic E-state index is -3.54. The van der Waals surface area contributed by atoms with Crippen LogP contribution in [0.4, 0.5) is 5.69 Å². The molecule has 23 heavy (non-hydrogen) atoms. The molecule has 0 radical (unpaired) electrons. The van der Waals surface area contributed by atoms with Crippen LogP contribution in [0, 0.1) is 12.3 Å². The Kier molecular flexibility index (Phi) is 6.36.